The van der Waals surface area contributed by atoms with Crippen LogP contribution < -0.4 is 21.4 Å². The van der Waals surface area contributed by atoms with Crippen LogP contribution in [0, 0.1) is 6.92 Å². The zero-order chi connectivity index (χ0) is 32.6. The third-order valence-electron chi connectivity index (χ3n) is 7.56. The number of carbonyl (C=O) groups excluding carboxylic acids is 2. The van der Waals surface area contributed by atoms with E-state index in [1.54, 1.807) is 39.0 Å². The molecule has 2 amide bonds. The average molecular weight is 684 g/mol. The molecule has 4 unspecified atom stereocenters. The van der Waals surface area contributed by atoms with Crippen molar-refractivity contribution in [3.05, 3.63) is 86.7 Å². The molecule has 0 radical (unpaired) electrons. The van der Waals surface area contributed by atoms with E-state index in [-0.39, 0.29) is 27.8 Å². The molecule has 0 saturated carbocycles. The highest BCUT2D eigenvalue weighted by molar-refractivity contribution is 9.10. The van der Waals surface area contributed by atoms with Gasteiger partial charge in [0.1, 0.15) is 17.4 Å². The second-order valence-electron chi connectivity index (χ2n) is 11.0. The van der Waals surface area contributed by atoms with Crippen molar-refractivity contribution < 1.29 is 43.2 Å². The third kappa shape index (κ3) is 6.38. The Morgan fingerprint density at radius 3 is 2.44 bits per heavy atom. The highest BCUT2D eigenvalue weighted by Crippen LogP contribution is 2.38. The molecule has 2 heterocycles. The van der Waals surface area contributed by atoms with E-state index in [9.17, 15) is 24.6 Å². The van der Waals surface area contributed by atoms with Gasteiger partial charge in [-0.3, -0.25) is 4.79 Å². The standard InChI is InChI=1S/C32H31BrN2O10/c1-15-21(42-30-24(37)26(44-31(34)40)27(41-4)32(2,3)45-30)13-12-20-23(36)22(29(39)43-25(15)20)35-28(38)18-7-5-6-17(14-18)16-8-10-19(33)11-9-16/h5-14,24,26-27,30,36-37H,1-4H3,(H2,34,40)(H,35,38). The van der Waals surface area contributed by atoms with E-state index in [0.717, 1.165) is 15.6 Å². The van der Waals surface area contributed by atoms with Crippen molar-refractivity contribution in [2.24, 2.45) is 5.73 Å². The molecule has 4 atom stereocenters. The molecule has 0 spiro atoms. The van der Waals surface area contributed by atoms with Crippen molar-refractivity contribution >= 4 is 44.6 Å². The lowest BCUT2D eigenvalue weighted by Gasteiger charge is -2.47. The van der Waals surface area contributed by atoms with Crippen LogP contribution >= 0.6 is 15.9 Å². The fourth-order valence-electron chi connectivity index (χ4n) is 5.34. The van der Waals surface area contributed by atoms with Gasteiger partial charge in [-0.25, -0.2) is 9.59 Å². The first-order chi connectivity index (χ1) is 21.3. The van der Waals surface area contributed by atoms with Crippen LogP contribution in [0.25, 0.3) is 22.1 Å². The number of amides is 2. The number of nitrogens with two attached hydrogens (primary N) is 1. The zero-order valence-corrected chi connectivity index (χ0v) is 26.3. The van der Waals surface area contributed by atoms with Gasteiger partial charge >= 0.3 is 11.7 Å². The van der Waals surface area contributed by atoms with E-state index in [1.807, 2.05) is 30.3 Å². The number of benzene rings is 3. The Morgan fingerprint density at radius 2 is 1.78 bits per heavy atom. The lowest BCUT2D eigenvalue weighted by molar-refractivity contribution is -0.304. The van der Waals surface area contributed by atoms with Gasteiger partial charge in [-0.05, 0) is 68.3 Å². The quantitative estimate of drug-likeness (QED) is 0.197. The lowest BCUT2D eigenvalue weighted by atomic mass is 9.89. The van der Waals surface area contributed by atoms with Gasteiger partial charge < -0.3 is 44.6 Å². The van der Waals surface area contributed by atoms with Crippen molar-refractivity contribution in [2.45, 2.75) is 51.0 Å². The molecular formula is C32H31BrN2O10. The first-order valence-electron chi connectivity index (χ1n) is 13.8. The summed E-state index contributed by atoms with van der Waals surface area (Å²) in [4.78, 5) is 37.7. The maximum Gasteiger partial charge on any atom is 0.404 e. The molecule has 1 aliphatic rings. The second kappa shape index (κ2) is 12.5. The monoisotopic (exact) mass is 682 g/mol. The number of aliphatic hydroxyl groups excluding tert-OH is 1. The molecular weight excluding hydrogens is 652 g/mol. The van der Waals surface area contributed by atoms with Crippen LogP contribution in [0.1, 0.15) is 29.8 Å². The predicted molar refractivity (Wildman–Crippen MR) is 167 cm³/mol. The predicted octanol–water partition coefficient (Wildman–Crippen LogP) is 4.84. The van der Waals surface area contributed by atoms with E-state index in [1.165, 1.54) is 19.2 Å². The van der Waals surface area contributed by atoms with E-state index in [0.29, 0.717) is 0 Å². The number of fused-ring (bicyclic) bond motifs is 1. The van der Waals surface area contributed by atoms with Crippen molar-refractivity contribution in [3.8, 4) is 22.6 Å². The number of ether oxygens (including phenoxy) is 4. The van der Waals surface area contributed by atoms with Crippen LogP contribution in [0.3, 0.4) is 0 Å². The van der Waals surface area contributed by atoms with Crippen LogP contribution in [0.4, 0.5) is 10.5 Å². The second-order valence-corrected chi connectivity index (χ2v) is 11.9. The summed E-state index contributed by atoms with van der Waals surface area (Å²) in [6.45, 7) is 4.90. The van der Waals surface area contributed by atoms with Gasteiger partial charge in [0.05, 0.1) is 11.0 Å². The molecule has 45 heavy (non-hydrogen) atoms. The summed E-state index contributed by atoms with van der Waals surface area (Å²) in [6, 6.07) is 17.3. The lowest BCUT2D eigenvalue weighted by Crippen LogP contribution is -2.65. The summed E-state index contributed by atoms with van der Waals surface area (Å²) in [7, 11) is 1.38. The Morgan fingerprint density at radius 1 is 1.07 bits per heavy atom. The Bertz CT molecular complexity index is 1820. The van der Waals surface area contributed by atoms with Crippen molar-refractivity contribution in [1.82, 2.24) is 0 Å². The molecule has 13 heteroatoms. The minimum Gasteiger partial charge on any atom is -0.505 e. The number of primary amides is 1. The van der Waals surface area contributed by atoms with Crippen LogP contribution in [0.2, 0.25) is 0 Å². The minimum absolute atomic E-state index is 0.0190. The Hall–Kier alpha value is -4.43. The largest absolute Gasteiger partial charge is 0.505 e. The molecule has 1 fully saturated rings. The molecule has 4 aromatic rings. The van der Waals surface area contributed by atoms with E-state index in [2.05, 4.69) is 21.2 Å². The molecule has 12 nitrogen and oxygen atoms in total. The molecule has 3 aromatic carbocycles. The number of nitrogens with one attached hydrogen (secondary N) is 1. The van der Waals surface area contributed by atoms with Gasteiger partial charge in [-0.2, -0.15) is 0 Å². The Balaban J connectivity index is 1.42. The van der Waals surface area contributed by atoms with Crippen molar-refractivity contribution in [1.29, 1.82) is 0 Å². The summed E-state index contributed by atoms with van der Waals surface area (Å²) in [5, 5.41) is 24.6. The van der Waals surface area contributed by atoms with E-state index < -0.39 is 59.3 Å². The first kappa shape index (κ1) is 32.0. The molecule has 236 valence electrons. The molecule has 5 rings (SSSR count). The maximum absolute atomic E-state index is 13.1. The first-order valence-corrected chi connectivity index (χ1v) is 14.6. The SMILES string of the molecule is COC1C(OC(N)=O)C(O)C(Oc2ccc3c(O)c(NC(=O)c4cccc(-c5ccc(Br)cc5)c4)c(=O)oc3c2C)OC1(C)C. The van der Waals surface area contributed by atoms with Gasteiger partial charge in [-0.15, -0.1) is 0 Å². The van der Waals surface area contributed by atoms with E-state index >= 15 is 0 Å². The molecule has 1 saturated heterocycles. The average Bonchev–Trinajstić information content (AvgIpc) is 2.99. The summed E-state index contributed by atoms with van der Waals surface area (Å²) < 4.78 is 28.9. The Kier molecular flexibility index (Phi) is 8.90. The number of rotatable bonds is 7. The van der Waals surface area contributed by atoms with Gasteiger partial charge in [0.25, 0.3) is 5.91 Å². The van der Waals surface area contributed by atoms with Gasteiger partial charge in [0.2, 0.25) is 6.29 Å². The molecule has 0 bridgehead atoms. The van der Waals surface area contributed by atoms with Gasteiger partial charge in [0.15, 0.2) is 23.6 Å². The summed E-state index contributed by atoms with van der Waals surface area (Å²) in [6.07, 6.45) is -6.06. The number of aromatic hydroxyl groups is 1. The number of aryl methyl sites for hydroxylation is 1. The van der Waals surface area contributed by atoms with Crippen LogP contribution in [-0.4, -0.2) is 59.5 Å². The number of methoxy groups -OCH3 is 1. The normalized spacial score (nSPS) is 20.8. The fourth-order valence-corrected chi connectivity index (χ4v) is 5.61. The van der Waals surface area contributed by atoms with Crippen LogP contribution in [0.15, 0.2) is 74.3 Å². The van der Waals surface area contributed by atoms with Crippen molar-refractivity contribution in [2.75, 3.05) is 12.4 Å². The molecule has 0 aliphatic carbocycles. The summed E-state index contributed by atoms with van der Waals surface area (Å²) in [5.41, 5.74) is 4.90. The topological polar surface area (TPSA) is 180 Å². The van der Waals surface area contributed by atoms with Crippen LogP contribution in [-0.2, 0) is 14.2 Å². The Labute approximate surface area is 265 Å². The minimum atomic E-state index is -1.51. The maximum atomic E-state index is 13.1. The number of hydrogen-bond donors (Lipinski definition) is 4. The molecule has 1 aromatic heterocycles. The fraction of sp³-hybridized carbons (Fsp3) is 0.281. The van der Waals surface area contributed by atoms with Gasteiger partial charge in [-0.1, -0.05) is 40.2 Å². The molecule has 1 aliphatic heterocycles. The zero-order valence-electron chi connectivity index (χ0n) is 24.7. The number of carbonyl (C=O) groups is 2. The van der Waals surface area contributed by atoms with Gasteiger partial charge in [0, 0.05) is 22.7 Å². The molecule has 5 N–H and O–H groups in total. The number of anilines is 1. The number of halogens is 1. The smallest absolute Gasteiger partial charge is 0.404 e. The highest BCUT2D eigenvalue weighted by atomic mass is 79.9. The number of aliphatic hydroxyl groups is 1. The highest BCUT2D eigenvalue weighted by Gasteiger charge is 2.53. The van der Waals surface area contributed by atoms with Crippen LogP contribution in [0.5, 0.6) is 11.5 Å². The number of hydrogen-bond acceptors (Lipinski definition) is 10. The van der Waals surface area contributed by atoms with E-state index in [4.69, 9.17) is 29.1 Å². The van der Waals surface area contributed by atoms with Crippen molar-refractivity contribution in [3.63, 3.8) is 0 Å². The summed E-state index contributed by atoms with van der Waals surface area (Å²) >= 11 is 3.40. The third-order valence-corrected chi connectivity index (χ3v) is 8.08. The summed E-state index contributed by atoms with van der Waals surface area (Å²) in [5.74, 6) is -0.984.